The molecule has 1 atom stereocenters. The molecule has 1 N–H and O–H groups in total. The number of hydrogen-bond donors (Lipinski definition) is 1. The Morgan fingerprint density at radius 2 is 1.79 bits per heavy atom. The lowest BCUT2D eigenvalue weighted by molar-refractivity contribution is -0.139. The number of carbonyl (C=O) groups excluding carboxylic acids is 2. The van der Waals surface area contributed by atoms with E-state index >= 15 is 0 Å². The second-order valence-corrected chi connectivity index (χ2v) is 9.42. The van der Waals surface area contributed by atoms with Crippen molar-refractivity contribution < 1.29 is 19.4 Å². The third-order valence-corrected chi connectivity index (χ3v) is 5.96. The molecule has 34 heavy (non-hydrogen) atoms. The van der Waals surface area contributed by atoms with Gasteiger partial charge in [-0.3, -0.25) is 9.59 Å². The third-order valence-electron chi connectivity index (χ3n) is 5.96. The highest BCUT2D eigenvalue weighted by Crippen LogP contribution is 2.40. The Hall–Kier alpha value is -3.28. The molecule has 1 heterocycles. The number of unbranched alkanes of at least 4 members (excludes halogenated alkanes) is 2. The van der Waals surface area contributed by atoms with Gasteiger partial charge in [-0.05, 0) is 42.2 Å². The average Bonchev–Trinajstić information content (AvgIpc) is 3.07. The number of likely N-dealkylation sites (tertiary alicyclic amines) is 1. The number of rotatable bonds is 10. The van der Waals surface area contributed by atoms with Crippen LogP contribution in [0.5, 0.6) is 5.75 Å². The number of hydrogen-bond acceptors (Lipinski definition) is 5. The molecule has 3 rings (SSSR count). The smallest absolute Gasteiger partial charge is 0.295 e. The topological polar surface area (TPSA) is 70.1 Å². The van der Waals surface area contributed by atoms with E-state index in [0.717, 1.165) is 30.5 Å². The number of carbonyl (C=O) groups is 2. The standard InChI is InChI=1S/C28H36N2O4/c1-6-7-8-16-30-25(20-12-14-22(15-13-20)29(4)5)24(27(32)28(30)33)26(31)21-10-9-11-23(17-21)34-18-19(2)3/h9-15,17,19,25,31H,6-8,16,18H2,1-5H3/b26-24-. The quantitative estimate of drug-likeness (QED) is 0.221. The zero-order valence-corrected chi connectivity index (χ0v) is 20.9. The van der Waals surface area contributed by atoms with E-state index in [1.165, 1.54) is 0 Å². The van der Waals surface area contributed by atoms with Crippen LogP contribution in [0.3, 0.4) is 0 Å². The van der Waals surface area contributed by atoms with E-state index in [4.69, 9.17) is 4.74 Å². The first-order chi connectivity index (χ1) is 16.2. The second kappa shape index (κ2) is 11.2. The largest absolute Gasteiger partial charge is 0.507 e. The fourth-order valence-electron chi connectivity index (χ4n) is 4.10. The van der Waals surface area contributed by atoms with E-state index in [9.17, 15) is 14.7 Å². The number of nitrogens with zero attached hydrogens (tertiary/aromatic N) is 2. The maximum absolute atomic E-state index is 13.2. The third kappa shape index (κ3) is 5.61. The molecule has 1 saturated heterocycles. The van der Waals surface area contributed by atoms with Gasteiger partial charge in [0.25, 0.3) is 11.7 Å². The van der Waals surface area contributed by atoms with Crippen molar-refractivity contribution in [1.29, 1.82) is 0 Å². The van der Waals surface area contributed by atoms with Gasteiger partial charge < -0.3 is 19.6 Å². The van der Waals surface area contributed by atoms with Crippen LogP contribution in [0.25, 0.3) is 5.76 Å². The number of aliphatic hydroxyl groups is 1. The molecule has 0 bridgehead atoms. The van der Waals surface area contributed by atoms with Crippen LogP contribution in [0.1, 0.15) is 57.2 Å². The van der Waals surface area contributed by atoms with Crippen molar-refractivity contribution in [1.82, 2.24) is 4.90 Å². The van der Waals surface area contributed by atoms with Gasteiger partial charge in [0, 0.05) is 31.9 Å². The number of amides is 1. The highest BCUT2D eigenvalue weighted by molar-refractivity contribution is 6.46. The fraction of sp³-hybridized carbons (Fsp3) is 0.429. The van der Waals surface area contributed by atoms with Crippen LogP contribution in [-0.2, 0) is 9.59 Å². The van der Waals surface area contributed by atoms with E-state index in [1.54, 1.807) is 23.1 Å². The molecule has 182 valence electrons. The van der Waals surface area contributed by atoms with Gasteiger partial charge in [0.1, 0.15) is 11.5 Å². The summed E-state index contributed by atoms with van der Waals surface area (Å²) in [5.74, 6) is -0.415. The van der Waals surface area contributed by atoms with Crippen molar-refractivity contribution >= 4 is 23.1 Å². The SMILES string of the molecule is CCCCCN1C(=O)C(=O)/C(=C(\O)c2cccc(OCC(C)C)c2)C1c1ccc(N(C)C)cc1. The van der Waals surface area contributed by atoms with Crippen LogP contribution in [0.15, 0.2) is 54.1 Å². The zero-order chi connectivity index (χ0) is 24.8. The summed E-state index contributed by atoms with van der Waals surface area (Å²) in [7, 11) is 3.92. The number of Topliss-reactive ketones (excluding diaryl/α,β-unsaturated/α-hetero) is 1. The molecule has 2 aromatic rings. The Labute approximate surface area is 202 Å². The lowest BCUT2D eigenvalue weighted by atomic mass is 9.95. The summed E-state index contributed by atoms with van der Waals surface area (Å²) in [6.45, 7) is 7.23. The molecule has 1 aliphatic rings. The normalized spacial score (nSPS) is 17.5. The van der Waals surface area contributed by atoms with Crippen molar-refractivity contribution in [3.63, 3.8) is 0 Å². The summed E-state index contributed by atoms with van der Waals surface area (Å²) in [6, 6.07) is 14.2. The van der Waals surface area contributed by atoms with Gasteiger partial charge in [-0.25, -0.2) is 0 Å². The molecule has 0 aliphatic carbocycles. The van der Waals surface area contributed by atoms with Crippen molar-refractivity contribution in [3.05, 3.63) is 65.2 Å². The predicted octanol–water partition coefficient (Wildman–Crippen LogP) is 5.40. The Morgan fingerprint density at radius 3 is 2.41 bits per heavy atom. The first kappa shape index (κ1) is 25.3. The van der Waals surface area contributed by atoms with Gasteiger partial charge >= 0.3 is 0 Å². The minimum absolute atomic E-state index is 0.125. The number of anilines is 1. The first-order valence-electron chi connectivity index (χ1n) is 12.0. The van der Waals surface area contributed by atoms with Gasteiger partial charge in [-0.15, -0.1) is 0 Å². The van der Waals surface area contributed by atoms with Gasteiger partial charge in [0.05, 0.1) is 18.2 Å². The molecular formula is C28H36N2O4. The Bertz CT molecular complexity index is 1040. The molecule has 1 unspecified atom stereocenters. The molecule has 6 heteroatoms. The molecule has 1 fully saturated rings. The van der Waals surface area contributed by atoms with Crippen molar-refractivity contribution in [2.24, 2.45) is 5.92 Å². The number of aliphatic hydroxyl groups excluding tert-OH is 1. The Balaban J connectivity index is 2.06. The zero-order valence-electron chi connectivity index (χ0n) is 20.9. The Kier molecular flexibility index (Phi) is 8.37. The summed E-state index contributed by atoms with van der Waals surface area (Å²) in [6.07, 6.45) is 2.77. The summed E-state index contributed by atoms with van der Waals surface area (Å²) in [5, 5.41) is 11.3. The highest BCUT2D eigenvalue weighted by Gasteiger charge is 2.45. The fourth-order valence-corrected chi connectivity index (χ4v) is 4.10. The van der Waals surface area contributed by atoms with Crippen molar-refractivity contribution in [2.45, 2.75) is 46.1 Å². The van der Waals surface area contributed by atoms with Crippen molar-refractivity contribution in [3.8, 4) is 5.75 Å². The van der Waals surface area contributed by atoms with Crippen LogP contribution in [0.2, 0.25) is 0 Å². The monoisotopic (exact) mass is 464 g/mol. The predicted molar refractivity (Wildman–Crippen MR) is 136 cm³/mol. The summed E-state index contributed by atoms with van der Waals surface area (Å²) in [5.41, 5.74) is 2.40. The summed E-state index contributed by atoms with van der Waals surface area (Å²) >= 11 is 0. The van der Waals surface area contributed by atoms with Crippen LogP contribution >= 0.6 is 0 Å². The van der Waals surface area contributed by atoms with Crippen LogP contribution < -0.4 is 9.64 Å². The molecule has 0 saturated carbocycles. The maximum atomic E-state index is 13.2. The molecule has 0 spiro atoms. The van der Waals surface area contributed by atoms with Crippen LogP contribution in [0, 0.1) is 5.92 Å². The van der Waals surface area contributed by atoms with E-state index in [1.807, 2.05) is 49.3 Å². The summed E-state index contributed by atoms with van der Waals surface area (Å²) < 4.78 is 5.80. The molecule has 0 aromatic heterocycles. The molecule has 6 nitrogen and oxygen atoms in total. The molecule has 1 aliphatic heterocycles. The maximum Gasteiger partial charge on any atom is 0.295 e. The number of ketones is 1. The first-order valence-corrected chi connectivity index (χ1v) is 12.0. The van der Waals surface area contributed by atoms with Crippen LogP contribution in [-0.4, -0.2) is 48.9 Å². The lowest BCUT2D eigenvalue weighted by Crippen LogP contribution is -2.30. The van der Waals surface area contributed by atoms with E-state index in [2.05, 4.69) is 20.8 Å². The minimum Gasteiger partial charge on any atom is -0.507 e. The van der Waals surface area contributed by atoms with Gasteiger partial charge in [0.2, 0.25) is 0 Å². The summed E-state index contributed by atoms with van der Waals surface area (Å²) in [4.78, 5) is 29.8. The van der Waals surface area contributed by atoms with E-state index in [-0.39, 0.29) is 11.3 Å². The number of ether oxygens (including phenoxy) is 1. The lowest BCUT2D eigenvalue weighted by Gasteiger charge is -2.26. The molecular weight excluding hydrogens is 428 g/mol. The van der Waals surface area contributed by atoms with Gasteiger partial charge in [-0.2, -0.15) is 0 Å². The molecule has 0 radical (unpaired) electrons. The average molecular weight is 465 g/mol. The second-order valence-electron chi connectivity index (χ2n) is 9.42. The van der Waals surface area contributed by atoms with E-state index in [0.29, 0.717) is 30.4 Å². The number of benzene rings is 2. The Morgan fingerprint density at radius 1 is 1.09 bits per heavy atom. The van der Waals surface area contributed by atoms with Gasteiger partial charge in [-0.1, -0.05) is 57.9 Å². The highest BCUT2D eigenvalue weighted by atomic mass is 16.5. The van der Waals surface area contributed by atoms with Crippen LogP contribution in [0.4, 0.5) is 5.69 Å². The van der Waals surface area contributed by atoms with Crippen molar-refractivity contribution in [2.75, 3.05) is 32.1 Å². The van der Waals surface area contributed by atoms with Gasteiger partial charge in [0.15, 0.2) is 0 Å². The molecule has 2 aromatic carbocycles. The van der Waals surface area contributed by atoms with E-state index < -0.39 is 17.7 Å². The molecule has 1 amide bonds. The minimum atomic E-state index is -0.649.